The molecule has 2 aliphatic rings. The minimum atomic E-state index is 0.159. The Morgan fingerprint density at radius 1 is 0.920 bits per heavy atom. The number of nitrogens with zero attached hydrogens (tertiary/aromatic N) is 4. The standard InChI is InChI=1S/C20H24N4O/c1-15-6-9-19(22-21-15)23-10-3-11-24(13-12-23)20(25)18-8-7-16-4-2-5-17(16)14-18/h6-9,14H,2-5,10-13H2,1H3. The Bertz CT molecular complexity index is 772. The molecule has 2 aromatic rings. The van der Waals surface area contributed by atoms with Gasteiger partial charge in [-0.1, -0.05) is 6.07 Å². The number of anilines is 1. The first-order valence-corrected chi connectivity index (χ1v) is 9.17. The summed E-state index contributed by atoms with van der Waals surface area (Å²) in [4.78, 5) is 17.1. The summed E-state index contributed by atoms with van der Waals surface area (Å²) in [6, 6.07) is 10.3. The molecule has 5 heteroatoms. The minimum absolute atomic E-state index is 0.159. The summed E-state index contributed by atoms with van der Waals surface area (Å²) in [7, 11) is 0. The molecule has 25 heavy (non-hydrogen) atoms. The molecule has 0 unspecified atom stereocenters. The second kappa shape index (κ2) is 6.82. The molecule has 1 aromatic carbocycles. The molecule has 1 amide bonds. The summed E-state index contributed by atoms with van der Waals surface area (Å²) in [6.07, 6.45) is 4.42. The van der Waals surface area contributed by atoms with Gasteiger partial charge < -0.3 is 9.80 Å². The molecule has 1 saturated heterocycles. The molecular weight excluding hydrogens is 312 g/mol. The zero-order valence-corrected chi connectivity index (χ0v) is 14.7. The largest absolute Gasteiger partial charge is 0.353 e. The van der Waals surface area contributed by atoms with Crippen LogP contribution < -0.4 is 4.90 Å². The molecule has 0 radical (unpaired) electrons. The predicted octanol–water partition coefficient (Wildman–Crippen LogP) is 2.63. The molecule has 1 fully saturated rings. The molecule has 0 spiro atoms. The highest BCUT2D eigenvalue weighted by Gasteiger charge is 2.22. The minimum Gasteiger partial charge on any atom is -0.353 e. The second-order valence-electron chi connectivity index (χ2n) is 7.00. The maximum atomic E-state index is 12.9. The molecule has 1 aromatic heterocycles. The van der Waals surface area contributed by atoms with Gasteiger partial charge in [-0.25, -0.2) is 0 Å². The van der Waals surface area contributed by atoms with Crippen molar-refractivity contribution in [2.75, 3.05) is 31.1 Å². The molecule has 4 rings (SSSR count). The van der Waals surface area contributed by atoms with Gasteiger partial charge in [0.25, 0.3) is 5.91 Å². The van der Waals surface area contributed by atoms with Crippen LogP contribution in [0.3, 0.4) is 0 Å². The van der Waals surface area contributed by atoms with Crippen molar-refractivity contribution < 1.29 is 4.79 Å². The van der Waals surface area contributed by atoms with E-state index in [0.717, 1.165) is 62.5 Å². The van der Waals surface area contributed by atoms with Crippen LogP contribution >= 0.6 is 0 Å². The number of carbonyl (C=O) groups is 1. The number of hydrogen-bond acceptors (Lipinski definition) is 4. The molecule has 0 bridgehead atoms. The monoisotopic (exact) mass is 336 g/mol. The summed E-state index contributed by atoms with van der Waals surface area (Å²) in [5, 5.41) is 8.43. The third-order valence-electron chi connectivity index (χ3n) is 5.24. The number of hydrogen-bond donors (Lipinski definition) is 0. The average Bonchev–Trinajstić information content (AvgIpc) is 2.97. The molecule has 130 valence electrons. The number of aryl methyl sites for hydroxylation is 3. The van der Waals surface area contributed by atoms with Gasteiger partial charge in [-0.3, -0.25) is 4.79 Å². The highest BCUT2D eigenvalue weighted by molar-refractivity contribution is 5.94. The van der Waals surface area contributed by atoms with Crippen LogP contribution in [0, 0.1) is 6.92 Å². The van der Waals surface area contributed by atoms with E-state index >= 15 is 0 Å². The SMILES string of the molecule is Cc1ccc(N2CCCN(C(=O)c3ccc4c(c3)CCC4)CC2)nn1. The Hall–Kier alpha value is -2.43. The topological polar surface area (TPSA) is 49.3 Å². The van der Waals surface area contributed by atoms with Crippen molar-refractivity contribution in [1.29, 1.82) is 0 Å². The van der Waals surface area contributed by atoms with Crippen LogP contribution in [0.1, 0.15) is 40.0 Å². The van der Waals surface area contributed by atoms with Gasteiger partial charge in [0.1, 0.15) is 0 Å². The third kappa shape index (κ3) is 3.36. The number of fused-ring (bicyclic) bond motifs is 1. The summed E-state index contributed by atoms with van der Waals surface area (Å²) in [6.45, 7) is 5.17. The summed E-state index contributed by atoms with van der Waals surface area (Å²) < 4.78 is 0. The lowest BCUT2D eigenvalue weighted by Gasteiger charge is -2.22. The number of amides is 1. The third-order valence-corrected chi connectivity index (χ3v) is 5.24. The van der Waals surface area contributed by atoms with Crippen molar-refractivity contribution in [3.05, 3.63) is 52.7 Å². The van der Waals surface area contributed by atoms with Gasteiger partial charge >= 0.3 is 0 Å². The van der Waals surface area contributed by atoms with Crippen LogP contribution in [0.25, 0.3) is 0 Å². The molecule has 0 saturated carbocycles. The summed E-state index contributed by atoms with van der Waals surface area (Å²) in [5.74, 6) is 1.06. The fourth-order valence-electron chi connectivity index (χ4n) is 3.80. The first-order chi connectivity index (χ1) is 12.2. The van der Waals surface area contributed by atoms with E-state index in [1.807, 2.05) is 30.0 Å². The van der Waals surface area contributed by atoms with Crippen molar-refractivity contribution in [2.24, 2.45) is 0 Å². The predicted molar refractivity (Wildman–Crippen MR) is 98.0 cm³/mol. The van der Waals surface area contributed by atoms with Crippen LogP contribution in [0.4, 0.5) is 5.82 Å². The molecule has 5 nitrogen and oxygen atoms in total. The van der Waals surface area contributed by atoms with Gasteiger partial charge in [-0.15, -0.1) is 5.10 Å². The Kier molecular flexibility index (Phi) is 4.38. The number of carbonyl (C=O) groups excluding carboxylic acids is 1. The Balaban J connectivity index is 1.45. The highest BCUT2D eigenvalue weighted by Crippen LogP contribution is 2.24. The Morgan fingerprint density at radius 3 is 2.64 bits per heavy atom. The highest BCUT2D eigenvalue weighted by atomic mass is 16.2. The van der Waals surface area contributed by atoms with E-state index in [2.05, 4.69) is 27.2 Å². The Morgan fingerprint density at radius 2 is 1.80 bits per heavy atom. The summed E-state index contributed by atoms with van der Waals surface area (Å²) >= 11 is 0. The zero-order valence-electron chi connectivity index (χ0n) is 14.7. The van der Waals surface area contributed by atoms with Gasteiger partial charge in [0.2, 0.25) is 0 Å². The summed E-state index contributed by atoms with van der Waals surface area (Å²) in [5.41, 5.74) is 4.53. The molecule has 1 aliphatic heterocycles. The van der Waals surface area contributed by atoms with Gasteiger partial charge in [-0.2, -0.15) is 5.10 Å². The van der Waals surface area contributed by atoms with E-state index < -0.39 is 0 Å². The Labute approximate surface area is 148 Å². The quantitative estimate of drug-likeness (QED) is 0.846. The van der Waals surface area contributed by atoms with Crippen LogP contribution in [0.15, 0.2) is 30.3 Å². The van der Waals surface area contributed by atoms with E-state index in [0.29, 0.717) is 0 Å². The lowest BCUT2D eigenvalue weighted by atomic mass is 10.1. The van der Waals surface area contributed by atoms with E-state index in [-0.39, 0.29) is 5.91 Å². The van der Waals surface area contributed by atoms with Gasteiger partial charge in [0.15, 0.2) is 5.82 Å². The van der Waals surface area contributed by atoms with E-state index in [4.69, 9.17) is 0 Å². The van der Waals surface area contributed by atoms with Gasteiger partial charge in [0.05, 0.1) is 5.69 Å². The number of rotatable bonds is 2. The fourth-order valence-corrected chi connectivity index (χ4v) is 3.80. The molecule has 0 N–H and O–H groups in total. The van der Waals surface area contributed by atoms with Crippen LogP contribution in [0.2, 0.25) is 0 Å². The van der Waals surface area contributed by atoms with Crippen molar-refractivity contribution in [3.8, 4) is 0 Å². The number of aromatic nitrogens is 2. The van der Waals surface area contributed by atoms with Gasteiger partial charge in [0, 0.05) is 31.7 Å². The lowest BCUT2D eigenvalue weighted by molar-refractivity contribution is 0.0767. The smallest absolute Gasteiger partial charge is 0.253 e. The van der Waals surface area contributed by atoms with Gasteiger partial charge in [-0.05, 0) is 68.0 Å². The van der Waals surface area contributed by atoms with Crippen LogP contribution in [-0.4, -0.2) is 47.2 Å². The van der Waals surface area contributed by atoms with Crippen molar-refractivity contribution >= 4 is 11.7 Å². The normalized spacial score (nSPS) is 17.3. The maximum absolute atomic E-state index is 12.9. The average molecular weight is 336 g/mol. The zero-order chi connectivity index (χ0) is 17.2. The molecular formula is C20H24N4O. The van der Waals surface area contributed by atoms with Crippen molar-refractivity contribution in [1.82, 2.24) is 15.1 Å². The van der Waals surface area contributed by atoms with Crippen molar-refractivity contribution in [2.45, 2.75) is 32.6 Å². The van der Waals surface area contributed by atoms with Crippen LogP contribution in [0.5, 0.6) is 0 Å². The lowest BCUT2D eigenvalue weighted by Crippen LogP contribution is -2.35. The van der Waals surface area contributed by atoms with E-state index in [1.54, 1.807) is 0 Å². The van der Waals surface area contributed by atoms with E-state index in [1.165, 1.54) is 17.5 Å². The van der Waals surface area contributed by atoms with Crippen molar-refractivity contribution in [3.63, 3.8) is 0 Å². The fraction of sp³-hybridized carbons (Fsp3) is 0.450. The van der Waals surface area contributed by atoms with Crippen LogP contribution in [-0.2, 0) is 12.8 Å². The number of benzene rings is 1. The molecule has 2 heterocycles. The second-order valence-corrected chi connectivity index (χ2v) is 7.00. The first kappa shape index (κ1) is 16.1. The molecule has 0 atom stereocenters. The maximum Gasteiger partial charge on any atom is 0.253 e. The van der Waals surface area contributed by atoms with E-state index in [9.17, 15) is 4.79 Å². The molecule has 1 aliphatic carbocycles. The first-order valence-electron chi connectivity index (χ1n) is 9.17.